The quantitative estimate of drug-likeness (QED) is 0.904. The predicted molar refractivity (Wildman–Crippen MR) is 86.2 cm³/mol. The molecule has 0 bridgehead atoms. The minimum absolute atomic E-state index is 0.100. The van der Waals surface area contributed by atoms with Crippen LogP contribution in [-0.4, -0.2) is 19.7 Å². The van der Waals surface area contributed by atoms with E-state index < -0.39 is 9.84 Å². The Kier molecular flexibility index (Phi) is 3.75. The first-order valence-corrected chi connectivity index (χ1v) is 9.33. The van der Waals surface area contributed by atoms with Crippen LogP contribution in [0.4, 0.5) is 5.82 Å². The molecule has 0 aliphatic heterocycles. The summed E-state index contributed by atoms with van der Waals surface area (Å²) >= 11 is 3.48. The largest absolute Gasteiger partial charge is 0.362 e. The van der Waals surface area contributed by atoms with Crippen LogP contribution in [-0.2, 0) is 16.3 Å². The van der Waals surface area contributed by atoms with Crippen molar-refractivity contribution >= 4 is 31.6 Å². The first kappa shape index (κ1) is 14.5. The lowest BCUT2D eigenvalue weighted by Gasteiger charge is -2.16. The highest BCUT2D eigenvalue weighted by molar-refractivity contribution is 9.10. The van der Waals surface area contributed by atoms with Crippen molar-refractivity contribution in [2.45, 2.75) is 23.8 Å². The number of pyridine rings is 1. The van der Waals surface area contributed by atoms with Crippen LogP contribution < -0.4 is 5.32 Å². The molecule has 2 aromatic rings. The first-order chi connectivity index (χ1) is 9.95. The Bertz CT molecular complexity index is 790. The molecule has 110 valence electrons. The number of hydrogen-bond acceptors (Lipinski definition) is 4. The van der Waals surface area contributed by atoms with Gasteiger partial charge in [0.25, 0.3) is 0 Å². The van der Waals surface area contributed by atoms with Crippen LogP contribution in [0.5, 0.6) is 0 Å². The maximum absolute atomic E-state index is 11.8. The average molecular weight is 367 g/mol. The van der Waals surface area contributed by atoms with E-state index in [2.05, 4.69) is 38.4 Å². The molecule has 0 saturated carbocycles. The van der Waals surface area contributed by atoms with Crippen molar-refractivity contribution in [1.82, 2.24) is 4.98 Å². The van der Waals surface area contributed by atoms with Crippen molar-refractivity contribution in [3.8, 4) is 0 Å². The van der Waals surface area contributed by atoms with Crippen molar-refractivity contribution in [1.29, 1.82) is 0 Å². The fraction of sp³-hybridized carbons (Fsp3) is 0.267. The van der Waals surface area contributed by atoms with Crippen LogP contribution in [0.1, 0.15) is 23.6 Å². The van der Waals surface area contributed by atoms with Gasteiger partial charge >= 0.3 is 0 Å². The summed E-state index contributed by atoms with van der Waals surface area (Å²) in [6.45, 7) is 0. The molecule has 1 aromatic heterocycles. The van der Waals surface area contributed by atoms with Gasteiger partial charge in [-0.05, 0) is 48.2 Å². The third-order valence-corrected chi connectivity index (χ3v) is 5.29. The van der Waals surface area contributed by atoms with Crippen LogP contribution in [0, 0.1) is 0 Å². The summed E-state index contributed by atoms with van der Waals surface area (Å²) in [7, 11) is -3.29. The number of benzene rings is 1. The Labute approximate surface area is 132 Å². The van der Waals surface area contributed by atoms with Gasteiger partial charge in [-0.15, -0.1) is 0 Å². The fourth-order valence-corrected chi connectivity index (χ4v) is 3.90. The summed E-state index contributed by atoms with van der Waals surface area (Å²) in [5.74, 6) is 0.431. The van der Waals surface area contributed by atoms with E-state index in [1.165, 1.54) is 17.4 Å². The summed E-state index contributed by atoms with van der Waals surface area (Å²) in [6, 6.07) is 9.53. The molecule has 1 unspecified atom stereocenters. The molecule has 0 fully saturated rings. The highest BCUT2D eigenvalue weighted by Crippen LogP contribution is 2.36. The topological polar surface area (TPSA) is 59.1 Å². The lowest BCUT2D eigenvalue weighted by molar-refractivity contribution is 0.601. The van der Waals surface area contributed by atoms with E-state index in [1.807, 2.05) is 6.07 Å². The molecule has 4 nitrogen and oxygen atoms in total. The van der Waals surface area contributed by atoms with Crippen LogP contribution in [0.2, 0.25) is 0 Å². The first-order valence-electron chi connectivity index (χ1n) is 6.65. The van der Waals surface area contributed by atoms with E-state index in [4.69, 9.17) is 0 Å². The number of fused-ring (bicyclic) bond motifs is 1. The van der Waals surface area contributed by atoms with Crippen molar-refractivity contribution in [3.05, 3.63) is 52.1 Å². The van der Waals surface area contributed by atoms with Crippen LogP contribution in [0.3, 0.4) is 0 Å². The number of anilines is 1. The average Bonchev–Trinajstić information content (AvgIpc) is 2.80. The molecule has 0 spiro atoms. The van der Waals surface area contributed by atoms with Gasteiger partial charge in [-0.1, -0.05) is 22.0 Å². The molecular formula is C15H15BrN2O2S. The Morgan fingerprint density at radius 1 is 1.33 bits per heavy atom. The zero-order chi connectivity index (χ0) is 15.0. The van der Waals surface area contributed by atoms with Gasteiger partial charge < -0.3 is 5.32 Å². The number of halogens is 1. The molecule has 1 aromatic carbocycles. The van der Waals surface area contributed by atoms with Crippen LogP contribution in [0.25, 0.3) is 0 Å². The van der Waals surface area contributed by atoms with Crippen LogP contribution >= 0.6 is 15.9 Å². The zero-order valence-electron chi connectivity index (χ0n) is 11.5. The van der Waals surface area contributed by atoms with Gasteiger partial charge in [0, 0.05) is 16.9 Å². The Balaban J connectivity index is 1.94. The number of aryl methyl sites for hydroxylation is 1. The molecule has 1 heterocycles. The molecule has 0 amide bonds. The van der Waals surface area contributed by atoms with E-state index >= 15 is 0 Å². The van der Waals surface area contributed by atoms with E-state index in [-0.39, 0.29) is 10.9 Å². The maximum Gasteiger partial charge on any atom is 0.179 e. The van der Waals surface area contributed by atoms with Crippen molar-refractivity contribution in [3.63, 3.8) is 0 Å². The van der Waals surface area contributed by atoms with Crippen molar-refractivity contribution < 1.29 is 8.42 Å². The molecular weight excluding hydrogens is 352 g/mol. The standard InChI is InChI=1S/C15H15BrN2O2S/c1-21(19,20)14-3-2-8-17-15(14)18-13-7-4-10-9-11(16)5-6-12(10)13/h2-3,5-6,8-9,13H,4,7H2,1H3,(H,17,18). The number of rotatable bonds is 3. The van der Waals surface area contributed by atoms with E-state index in [9.17, 15) is 8.42 Å². The van der Waals surface area contributed by atoms with Gasteiger partial charge in [0.05, 0.1) is 6.04 Å². The second kappa shape index (κ2) is 5.42. The molecule has 1 aliphatic rings. The van der Waals surface area contributed by atoms with Gasteiger partial charge in [-0.3, -0.25) is 0 Å². The zero-order valence-corrected chi connectivity index (χ0v) is 13.9. The van der Waals surface area contributed by atoms with E-state index in [0.717, 1.165) is 17.3 Å². The monoisotopic (exact) mass is 366 g/mol. The third-order valence-electron chi connectivity index (χ3n) is 3.66. The lowest BCUT2D eigenvalue weighted by atomic mass is 10.1. The second-order valence-electron chi connectivity index (χ2n) is 5.20. The Hall–Kier alpha value is -1.40. The third kappa shape index (κ3) is 2.96. The second-order valence-corrected chi connectivity index (χ2v) is 8.10. The SMILES string of the molecule is CS(=O)(=O)c1cccnc1NC1CCc2cc(Br)ccc21. The van der Waals surface area contributed by atoms with Gasteiger partial charge in [0.2, 0.25) is 0 Å². The van der Waals surface area contributed by atoms with Gasteiger partial charge in [-0.25, -0.2) is 13.4 Å². The molecule has 3 rings (SSSR count). The number of sulfone groups is 1. The maximum atomic E-state index is 11.8. The molecule has 1 atom stereocenters. The van der Waals surface area contributed by atoms with E-state index in [0.29, 0.717) is 5.82 Å². The summed E-state index contributed by atoms with van der Waals surface area (Å²) in [6.07, 6.45) is 4.72. The normalized spacial score (nSPS) is 17.5. The number of nitrogens with zero attached hydrogens (tertiary/aromatic N) is 1. The molecule has 21 heavy (non-hydrogen) atoms. The summed E-state index contributed by atoms with van der Waals surface area (Å²) < 4.78 is 24.7. The van der Waals surface area contributed by atoms with Crippen molar-refractivity contribution in [2.75, 3.05) is 11.6 Å². The summed E-state index contributed by atoms with van der Waals surface area (Å²) in [4.78, 5) is 4.45. The number of aromatic nitrogens is 1. The number of nitrogens with one attached hydrogen (secondary N) is 1. The summed E-state index contributed by atoms with van der Waals surface area (Å²) in [5, 5.41) is 3.29. The molecule has 0 saturated heterocycles. The fourth-order valence-electron chi connectivity index (χ4n) is 2.70. The Morgan fingerprint density at radius 3 is 2.90 bits per heavy atom. The van der Waals surface area contributed by atoms with Gasteiger partial charge in [0.1, 0.15) is 10.7 Å². The van der Waals surface area contributed by atoms with Gasteiger partial charge in [-0.2, -0.15) is 0 Å². The van der Waals surface area contributed by atoms with E-state index in [1.54, 1.807) is 18.3 Å². The molecule has 1 aliphatic carbocycles. The number of hydrogen-bond donors (Lipinski definition) is 1. The highest BCUT2D eigenvalue weighted by Gasteiger charge is 2.24. The van der Waals surface area contributed by atoms with Gasteiger partial charge in [0.15, 0.2) is 9.84 Å². The molecule has 6 heteroatoms. The lowest BCUT2D eigenvalue weighted by Crippen LogP contribution is -2.12. The molecule has 0 radical (unpaired) electrons. The van der Waals surface area contributed by atoms with Crippen molar-refractivity contribution in [2.24, 2.45) is 0 Å². The minimum Gasteiger partial charge on any atom is -0.362 e. The van der Waals surface area contributed by atoms with Crippen LogP contribution in [0.15, 0.2) is 45.9 Å². The smallest absolute Gasteiger partial charge is 0.179 e. The summed E-state index contributed by atoms with van der Waals surface area (Å²) in [5.41, 5.74) is 2.50. The molecule has 1 N–H and O–H groups in total. The Morgan fingerprint density at radius 2 is 2.14 bits per heavy atom. The minimum atomic E-state index is -3.29. The highest BCUT2D eigenvalue weighted by atomic mass is 79.9. The predicted octanol–water partition coefficient (Wildman–Crippen LogP) is 3.35.